The molecule has 0 saturated carbocycles. The van der Waals surface area contributed by atoms with E-state index in [-0.39, 0.29) is 22.9 Å². The number of anilines is 3. The van der Waals surface area contributed by atoms with Crippen LogP contribution in [0, 0.1) is 10.1 Å². The van der Waals surface area contributed by atoms with Crippen molar-refractivity contribution in [2.75, 3.05) is 29.7 Å². The first kappa shape index (κ1) is 20.5. The van der Waals surface area contributed by atoms with E-state index in [0.717, 1.165) is 5.56 Å². The molecular weight excluding hydrogens is 388 g/mol. The molecular formula is C19H20N8O3. The molecule has 30 heavy (non-hydrogen) atoms. The largest absolute Gasteiger partial charge is 0.507 e. The third-order valence-corrected chi connectivity index (χ3v) is 3.91. The van der Waals surface area contributed by atoms with Gasteiger partial charge in [0.15, 0.2) is 0 Å². The number of hydrogen-bond acceptors (Lipinski definition) is 10. The highest BCUT2D eigenvalue weighted by atomic mass is 16.6. The standard InChI is InChI=1S/C19H20N8O3/c1-26(2)19-23-17(20-11-13-6-4-3-5-7-13)22-18(24-19)25-21-12-14-10-15(27(29)30)8-9-16(14)28/h3-10,12,28H,11H2,1-2H3,(H2,20,22,23,24,25)/b21-12-. The van der Waals surface area contributed by atoms with Crippen molar-refractivity contribution in [3.8, 4) is 5.75 Å². The molecule has 0 saturated heterocycles. The van der Waals surface area contributed by atoms with E-state index < -0.39 is 4.92 Å². The first-order valence-electron chi connectivity index (χ1n) is 8.90. The van der Waals surface area contributed by atoms with Crippen molar-refractivity contribution in [2.24, 2.45) is 5.10 Å². The Labute approximate surface area is 172 Å². The number of hydrogen-bond donors (Lipinski definition) is 3. The van der Waals surface area contributed by atoms with Crippen molar-refractivity contribution < 1.29 is 10.0 Å². The Hall–Kier alpha value is -4.28. The first-order chi connectivity index (χ1) is 14.4. The lowest BCUT2D eigenvalue weighted by Crippen LogP contribution is -2.16. The Balaban J connectivity index is 1.76. The average molecular weight is 408 g/mol. The molecule has 3 rings (SSSR count). The summed E-state index contributed by atoms with van der Waals surface area (Å²) in [5.74, 6) is 0.802. The fourth-order valence-electron chi connectivity index (χ4n) is 2.39. The molecule has 0 aliphatic heterocycles. The van der Waals surface area contributed by atoms with Crippen molar-refractivity contribution in [1.82, 2.24) is 15.0 Å². The molecule has 0 radical (unpaired) electrons. The maximum atomic E-state index is 10.9. The molecule has 0 atom stereocenters. The van der Waals surface area contributed by atoms with E-state index in [0.29, 0.717) is 18.4 Å². The Morgan fingerprint density at radius 3 is 2.57 bits per heavy atom. The van der Waals surface area contributed by atoms with Crippen LogP contribution in [0.1, 0.15) is 11.1 Å². The van der Waals surface area contributed by atoms with Gasteiger partial charge in [0.2, 0.25) is 17.8 Å². The second kappa shape index (κ2) is 9.28. The fraction of sp³-hybridized carbons (Fsp3) is 0.158. The second-order valence-electron chi connectivity index (χ2n) is 6.39. The lowest BCUT2D eigenvalue weighted by molar-refractivity contribution is -0.384. The number of aromatic nitrogens is 3. The third-order valence-electron chi connectivity index (χ3n) is 3.91. The zero-order valence-electron chi connectivity index (χ0n) is 16.4. The molecule has 154 valence electrons. The van der Waals surface area contributed by atoms with Gasteiger partial charge in [0.25, 0.3) is 5.69 Å². The lowest BCUT2D eigenvalue weighted by Gasteiger charge is -2.13. The summed E-state index contributed by atoms with van der Waals surface area (Å²) in [6.45, 7) is 0.530. The number of rotatable bonds is 8. The Kier molecular flexibility index (Phi) is 6.33. The van der Waals surface area contributed by atoms with E-state index in [9.17, 15) is 15.2 Å². The predicted octanol–water partition coefficient (Wildman–Crippen LogP) is 2.61. The Morgan fingerprint density at radius 2 is 1.87 bits per heavy atom. The molecule has 0 bridgehead atoms. The van der Waals surface area contributed by atoms with E-state index in [1.54, 1.807) is 19.0 Å². The number of benzene rings is 2. The number of nitrogens with zero attached hydrogens (tertiary/aromatic N) is 6. The summed E-state index contributed by atoms with van der Waals surface area (Å²) in [6.07, 6.45) is 1.25. The number of nitro groups is 1. The van der Waals surface area contributed by atoms with Crippen molar-refractivity contribution in [2.45, 2.75) is 6.54 Å². The third kappa shape index (κ3) is 5.38. The average Bonchev–Trinajstić information content (AvgIpc) is 2.74. The van der Waals surface area contributed by atoms with Gasteiger partial charge >= 0.3 is 0 Å². The summed E-state index contributed by atoms with van der Waals surface area (Å²) < 4.78 is 0. The van der Waals surface area contributed by atoms with Crippen molar-refractivity contribution in [3.05, 3.63) is 69.8 Å². The van der Waals surface area contributed by atoms with Gasteiger partial charge in [-0.1, -0.05) is 30.3 Å². The Bertz CT molecular complexity index is 1060. The highest BCUT2D eigenvalue weighted by Crippen LogP contribution is 2.21. The number of phenols is 1. The maximum Gasteiger partial charge on any atom is 0.270 e. The molecule has 2 aromatic carbocycles. The van der Waals surface area contributed by atoms with Gasteiger partial charge in [0, 0.05) is 38.3 Å². The summed E-state index contributed by atoms with van der Waals surface area (Å²) in [5, 5.41) is 27.9. The maximum absolute atomic E-state index is 10.9. The SMILES string of the molecule is CN(C)c1nc(NCc2ccccc2)nc(N/N=C\c2cc([N+](=O)[O-])ccc2O)n1. The monoisotopic (exact) mass is 408 g/mol. The van der Waals surface area contributed by atoms with Gasteiger partial charge in [-0.2, -0.15) is 20.1 Å². The minimum Gasteiger partial charge on any atom is -0.507 e. The van der Waals surface area contributed by atoms with Crippen molar-refractivity contribution in [3.63, 3.8) is 0 Å². The molecule has 1 heterocycles. The fourth-order valence-corrected chi connectivity index (χ4v) is 2.39. The number of phenolic OH excluding ortho intramolecular Hbond substituents is 1. The number of aromatic hydroxyl groups is 1. The normalized spacial score (nSPS) is 10.7. The molecule has 0 fully saturated rings. The van der Waals surface area contributed by atoms with Crippen LogP contribution in [0.15, 0.2) is 53.6 Å². The zero-order chi connectivity index (χ0) is 21.5. The number of nitro benzene ring substituents is 1. The summed E-state index contributed by atoms with van der Waals surface area (Å²) in [6, 6.07) is 13.5. The second-order valence-corrected chi connectivity index (χ2v) is 6.39. The van der Waals surface area contributed by atoms with E-state index in [1.807, 2.05) is 30.3 Å². The van der Waals surface area contributed by atoms with Crippen LogP contribution in [0.25, 0.3) is 0 Å². The summed E-state index contributed by atoms with van der Waals surface area (Å²) in [4.78, 5) is 24.9. The summed E-state index contributed by atoms with van der Waals surface area (Å²) >= 11 is 0. The molecule has 3 N–H and O–H groups in total. The molecule has 11 heteroatoms. The van der Waals surface area contributed by atoms with Gasteiger partial charge in [-0.15, -0.1) is 0 Å². The summed E-state index contributed by atoms with van der Waals surface area (Å²) in [5.41, 5.74) is 3.76. The van der Waals surface area contributed by atoms with Crippen LogP contribution < -0.4 is 15.6 Å². The number of nitrogens with one attached hydrogen (secondary N) is 2. The Morgan fingerprint density at radius 1 is 1.13 bits per heavy atom. The number of hydrazone groups is 1. The molecule has 0 aliphatic carbocycles. The van der Waals surface area contributed by atoms with Gasteiger partial charge in [-0.05, 0) is 11.6 Å². The van der Waals surface area contributed by atoms with Crippen molar-refractivity contribution in [1.29, 1.82) is 0 Å². The van der Waals surface area contributed by atoms with E-state index in [4.69, 9.17) is 0 Å². The smallest absolute Gasteiger partial charge is 0.270 e. The molecule has 0 spiro atoms. The predicted molar refractivity (Wildman–Crippen MR) is 114 cm³/mol. The quantitative estimate of drug-likeness (QED) is 0.291. The van der Waals surface area contributed by atoms with E-state index in [1.165, 1.54) is 24.4 Å². The topological polar surface area (TPSA) is 142 Å². The van der Waals surface area contributed by atoms with Crippen LogP contribution in [-0.2, 0) is 6.54 Å². The highest BCUT2D eigenvalue weighted by molar-refractivity contribution is 5.84. The molecule has 0 unspecified atom stereocenters. The molecule has 1 aromatic heterocycles. The lowest BCUT2D eigenvalue weighted by atomic mass is 10.2. The van der Waals surface area contributed by atoms with Gasteiger partial charge in [-0.3, -0.25) is 10.1 Å². The summed E-state index contributed by atoms with van der Waals surface area (Å²) in [7, 11) is 3.59. The first-order valence-corrected chi connectivity index (χ1v) is 8.90. The van der Waals surface area contributed by atoms with Crippen LogP contribution >= 0.6 is 0 Å². The van der Waals surface area contributed by atoms with Crippen LogP contribution in [0.5, 0.6) is 5.75 Å². The van der Waals surface area contributed by atoms with Crippen LogP contribution in [0.4, 0.5) is 23.5 Å². The molecule has 0 amide bonds. The molecule has 0 aliphatic rings. The van der Waals surface area contributed by atoms with Crippen LogP contribution in [0.3, 0.4) is 0 Å². The zero-order valence-corrected chi connectivity index (χ0v) is 16.4. The number of non-ortho nitro benzene ring substituents is 1. The minimum absolute atomic E-state index is 0.138. The van der Waals surface area contributed by atoms with Gasteiger partial charge in [0.1, 0.15) is 5.75 Å². The minimum atomic E-state index is -0.551. The van der Waals surface area contributed by atoms with Gasteiger partial charge in [-0.25, -0.2) is 5.43 Å². The van der Waals surface area contributed by atoms with Crippen LogP contribution in [-0.4, -0.2) is 45.3 Å². The molecule has 3 aromatic rings. The van der Waals surface area contributed by atoms with E-state index in [2.05, 4.69) is 30.8 Å². The van der Waals surface area contributed by atoms with Crippen LogP contribution in [0.2, 0.25) is 0 Å². The van der Waals surface area contributed by atoms with Crippen molar-refractivity contribution >= 4 is 29.7 Å². The van der Waals surface area contributed by atoms with E-state index >= 15 is 0 Å². The highest BCUT2D eigenvalue weighted by Gasteiger charge is 2.10. The molecule has 11 nitrogen and oxygen atoms in total. The van der Waals surface area contributed by atoms with Gasteiger partial charge in [0.05, 0.1) is 11.1 Å². The van der Waals surface area contributed by atoms with Gasteiger partial charge < -0.3 is 15.3 Å².